The minimum Gasteiger partial charge on any atom is -0.490 e. The van der Waals surface area contributed by atoms with E-state index in [0.29, 0.717) is 18.2 Å². The monoisotopic (exact) mass is 506 g/mol. The highest BCUT2D eigenvalue weighted by Gasteiger charge is 2.17. The molecule has 10 heteroatoms. The van der Waals surface area contributed by atoms with Crippen molar-refractivity contribution in [2.75, 3.05) is 14.1 Å². The van der Waals surface area contributed by atoms with Crippen LogP contribution in [0.4, 0.5) is 5.69 Å². The Morgan fingerprint density at radius 3 is 2.32 bits per heavy atom. The highest BCUT2D eigenvalue weighted by atomic mass is 16.5. The summed E-state index contributed by atoms with van der Waals surface area (Å²) in [5.41, 5.74) is 5.61. The van der Waals surface area contributed by atoms with Crippen LogP contribution < -0.4 is 27.2 Å². The molecule has 6 N–H and O–H groups in total. The number of rotatable bonds is 7. The predicted molar refractivity (Wildman–Crippen MR) is 148 cm³/mol. The molecule has 10 nitrogen and oxygen atoms in total. The molecule has 0 radical (unpaired) electrons. The number of hydrazine groups is 1. The van der Waals surface area contributed by atoms with Gasteiger partial charge in [0, 0.05) is 31.9 Å². The van der Waals surface area contributed by atoms with Crippen molar-refractivity contribution in [1.82, 2.24) is 20.5 Å². The SMILES string of the molecule is C/C=C(\C)N(C)C(=Nc1ccc(OC2CCCC2)cc1)N(C)Cc1ccc(C(=O)N/C(=N/N)NN)cc1. The number of allylic oxidation sites excluding steroid dienone is 2. The highest BCUT2D eigenvalue weighted by molar-refractivity contribution is 6.05. The summed E-state index contributed by atoms with van der Waals surface area (Å²) in [7, 11) is 3.99. The van der Waals surface area contributed by atoms with Gasteiger partial charge in [0.2, 0.25) is 11.9 Å². The average Bonchev–Trinajstić information content (AvgIpc) is 3.43. The number of hydrogen-bond acceptors (Lipinski definition) is 6. The Bertz CT molecular complexity index is 1120. The van der Waals surface area contributed by atoms with E-state index in [9.17, 15) is 4.79 Å². The summed E-state index contributed by atoms with van der Waals surface area (Å²) in [4.78, 5) is 21.4. The fraction of sp³-hybridized carbons (Fsp3) is 0.370. The average molecular weight is 507 g/mol. The molecule has 1 saturated carbocycles. The lowest BCUT2D eigenvalue weighted by Crippen LogP contribution is -2.45. The van der Waals surface area contributed by atoms with Gasteiger partial charge in [-0.05, 0) is 81.5 Å². The number of ether oxygens (including phenoxy) is 1. The standard InChI is InChI=1S/C27H38N8O2/c1-5-19(2)35(4)27(30-22-14-16-24(17-15-22)37-23-8-6-7-9-23)34(3)18-20-10-12-21(13-11-20)25(36)31-26(32-28)33-29/h5,10-17,23H,6-9,18,28-29H2,1-4H3,(H2,31,32,33,36)/b19-5+,30-27?. The first kappa shape index (κ1) is 27.5. The van der Waals surface area contributed by atoms with Crippen LogP contribution in [0, 0.1) is 0 Å². The van der Waals surface area contributed by atoms with Gasteiger partial charge in [0.25, 0.3) is 5.91 Å². The van der Waals surface area contributed by atoms with Crippen LogP contribution in [-0.4, -0.2) is 47.8 Å². The van der Waals surface area contributed by atoms with Gasteiger partial charge in [-0.3, -0.25) is 15.5 Å². The van der Waals surface area contributed by atoms with E-state index in [-0.39, 0.29) is 11.9 Å². The number of benzene rings is 2. The number of aliphatic imine (C=N–C) groups is 1. The molecule has 0 saturated heterocycles. The number of carbonyl (C=O) groups is 1. The summed E-state index contributed by atoms with van der Waals surface area (Å²) < 4.78 is 6.10. The van der Waals surface area contributed by atoms with Crippen LogP contribution in [0.3, 0.4) is 0 Å². The fourth-order valence-electron chi connectivity index (χ4n) is 4.07. The van der Waals surface area contributed by atoms with E-state index in [1.165, 1.54) is 12.8 Å². The Morgan fingerprint density at radius 2 is 1.76 bits per heavy atom. The van der Waals surface area contributed by atoms with Crippen molar-refractivity contribution in [3.63, 3.8) is 0 Å². The number of nitrogens with zero attached hydrogens (tertiary/aromatic N) is 4. The van der Waals surface area contributed by atoms with Gasteiger partial charge < -0.3 is 20.4 Å². The Labute approximate surface area is 219 Å². The molecule has 1 fully saturated rings. The molecule has 0 aliphatic heterocycles. The van der Waals surface area contributed by atoms with Crippen LogP contribution in [0.15, 0.2) is 70.4 Å². The van der Waals surface area contributed by atoms with Gasteiger partial charge in [0.1, 0.15) is 5.75 Å². The molecule has 0 bridgehead atoms. The first-order valence-electron chi connectivity index (χ1n) is 12.4. The molecule has 1 amide bonds. The van der Waals surface area contributed by atoms with E-state index in [1.54, 1.807) is 12.1 Å². The van der Waals surface area contributed by atoms with Crippen molar-refractivity contribution in [3.8, 4) is 5.75 Å². The molecule has 0 aromatic heterocycles. The third-order valence-electron chi connectivity index (χ3n) is 6.39. The quantitative estimate of drug-likeness (QED) is 0.196. The summed E-state index contributed by atoms with van der Waals surface area (Å²) in [6, 6.07) is 15.2. The van der Waals surface area contributed by atoms with Gasteiger partial charge in [-0.1, -0.05) is 18.2 Å². The Kier molecular flexibility index (Phi) is 9.91. The molecule has 1 aliphatic carbocycles. The van der Waals surface area contributed by atoms with Crippen LogP contribution in [0.2, 0.25) is 0 Å². The maximum absolute atomic E-state index is 12.3. The second kappa shape index (κ2) is 13.3. The molecule has 2 aromatic rings. The van der Waals surface area contributed by atoms with Crippen LogP contribution in [0.5, 0.6) is 5.75 Å². The van der Waals surface area contributed by atoms with Crippen molar-refractivity contribution in [3.05, 3.63) is 71.4 Å². The van der Waals surface area contributed by atoms with E-state index >= 15 is 0 Å². The number of nitrogens with one attached hydrogen (secondary N) is 2. The van der Waals surface area contributed by atoms with Gasteiger partial charge in [0.05, 0.1) is 11.8 Å². The number of carbonyl (C=O) groups excluding carboxylic acids is 1. The van der Waals surface area contributed by atoms with Crippen LogP contribution in [0.25, 0.3) is 0 Å². The topological polar surface area (TPSA) is 134 Å². The van der Waals surface area contributed by atoms with Crippen molar-refractivity contribution >= 4 is 23.5 Å². The third kappa shape index (κ3) is 7.71. The predicted octanol–water partition coefficient (Wildman–Crippen LogP) is 3.41. The van der Waals surface area contributed by atoms with Crippen LogP contribution in [0.1, 0.15) is 55.5 Å². The Hall–Kier alpha value is -4.05. The number of nitrogens with two attached hydrogens (primary N) is 2. The van der Waals surface area contributed by atoms with E-state index in [1.807, 2.05) is 70.4 Å². The minimum absolute atomic E-state index is 0.0184. The van der Waals surface area contributed by atoms with Gasteiger partial charge >= 0.3 is 0 Å². The number of guanidine groups is 2. The zero-order chi connectivity index (χ0) is 26.8. The molecule has 0 heterocycles. The van der Waals surface area contributed by atoms with Crippen LogP contribution in [-0.2, 0) is 6.54 Å². The smallest absolute Gasteiger partial charge is 0.258 e. The largest absolute Gasteiger partial charge is 0.490 e. The molecule has 3 rings (SSSR count). The summed E-state index contributed by atoms with van der Waals surface area (Å²) >= 11 is 0. The van der Waals surface area contributed by atoms with E-state index < -0.39 is 0 Å². The number of hydrogen-bond donors (Lipinski definition) is 4. The maximum atomic E-state index is 12.3. The normalized spacial score (nSPS) is 14.9. The molecule has 0 atom stereocenters. The molecule has 0 spiro atoms. The van der Waals surface area contributed by atoms with Gasteiger partial charge in [-0.15, -0.1) is 5.10 Å². The lowest BCUT2D eigenvalue weighted by molar-refractivity contribution is 0.0975. The molecule has 37 heavy (non-hydrogen) atoms. The summed E-state index contributed by atoms with van der Waals surface area (Å²) in [6.07, 6.45) is 7.11. The minimum atomic E-state index is -0.367. The van der Waals surface area contributed by atoms with Gasteiger partial charge in [-0.2, -0.15) is 0 Å². The summed E-state index contributed by atoms with van der Waals surface area (Å²) in [6.45, 7) is 4.64. The first-order valence-corrected chi connectivity index (χ1v) is 12.4. The molecule has 0 unspecified atom stereocenters. The van der Waals surface area contributed by atoms with Crippen LogP contribution >= 0.6 is 0 Å². The summed E-state index contributed by atoms with van der Waals surface area (Å²) in [5.74, 6) is 11.7. The zero-order valence-electron chi connectivity index (χ0n) is 22.1. The third-order valence-corrected chi connectivity index (χ3v) is 6.39. The fourth-order valence-corrected chi connectivity index (χ4v) is 4.07. The molecule has 198 valence electrons. The molecular weight excluding hydrogens is 468 g/mol. The second-order valence-electron chi connectivity index (χ2n) is 9.05. The zero-order valence-corrected chi connectivity index (χ0v) is 22.1. The van der Waals surface area contributed by atoms with Gasteiger partial charge in [-0.25, -0.2) is 10.8 Å². The van der Waals surface area contributed by atoms with Crippen molar-refractivity contribution < 1.29 is 9.53 Å². The first-order chi connectivity index (χ1) is 17.8. The lowest BCUT2D eigenvalue weighted by Gasteiger charge is -2.30. The Balaban J connectivity index is 1.75. The number of amides is 1. The molecule has 2 aromatic carbocycles. The summed E-state index contributed by atoms with van der Waals surface area (Å²) in [5, 5.41) is 5.86. The van der Waals surface area contributed by atoms with E-state index in [0.717, 1.165) is 41.5 Å². The van der Waals surface area contributed by atoms with E-state index in [2.05, 4.69) is 25.6 Å². The maximum Gasteiger partial charge on any atom is 0.258 e. The molecule has 1 aliphatic rings. The Morgan fingerprint density at radius 1 is 1.11 bits per heavy atom. The molecular formula is C27H38N8O2. The van der Waals surface area contributed by atoms with Crippen molar-refractivity contribution in [1.29, 1.82) is 0 Å². The van der Waals surface area contributed by atoms with Crippen molar-refractivity contribution in [2.45, 2.75) is 52.2 Å². The van der Waals surface area contributed by atoms with Crippen molar-refractivity contribution in [2.24, 2.45) is 21.8 Å². The number of hydrazone groups is 1. The lowest BCUT2D eigenvalue weighted by atomic mass is 10.1. The van der Waals surface area contributed by atoms with Gasteiger partial charge in [0.15, 0.2) is 0 Å². The van der Waals surface area contributed by atoms with E-state index in [4.69, 9.17) is 21.4 Å². The second-order valence-corrected chi connectivity index (χ2v) is 9.05. The highest BCUT2D eigenvalue weighted by Crippen LogP contribution is 2.26.